The Kier molecular flexibility index (Phi) is 5.83. The van der Waals surface area contributed by atoms with Crippen LogP contribution in [0.15, 0.2) is 24.3 Å². The number of nitrogens with two attached hydrogens (primary N) is 1. The smallest absolute Gasteiger partial charge is 0.222 e. The number of amides is 1. The molecule has 0 saturated carbocycles. The van der Waals surface area contributed by atoms with E-state index < -0.39 is 0 Å². The highest BCUT2D eigenvalue weighted by Crippen LogP contribution is 2.17. The molecular weight excluding hydrogens is 270 g/mol. The second-order valence-electron chi connectivity index (χ2n) is 5.04. The summed E-state index contributed by atoms with van der Waals surface area (Å²) in [7, 11) is 1.63. The van der Waals surface area contributed by atoms with E-state index in [1.165, 1.54) is 0 Å². The van der Waals surface area contributed by atoms with Crippen LogP contribution in [0.5, 0.6) is 11.5 Å². The Hall–Kier alpha value is -1.79. The number of nitrogens with zero attached hydrogens (tertiary/aromatic N) is 2. The fourth-order valence-electron chi connectivity index (χ4n) is 2.21. The minimum atomic E-state index is 0.182. The first-order valence-corrected chi connectivity index (χ1v) is 7.23. The van der Waals surface area contributed by atoms with Gasteiger partial charge in [0.15, 0.2) is 0 Å². The highest BCUT2D eigenvalue weighted by molar-refractivity contribution is 5.76. The monoisotopic (exact) mass is 293 g/mol. The van der Waals surface area contributed by atoms with Crippen LogP contribution in [0.25, 0.3) is 0 Å². The Bertz CT molecular complexity index is 442. The molecule has 1 aromatic rings. The van der Waals surface area contributed by atoms with Gasteiger partial charge in [0.2, 0.25) is 5.91 Å². The number of hydrogen-bond donors (Lipinski definition) is 1. The lowest BCUT2D eigenvalue weighted by molar-refractivity contribution is -0.133. The first kappa shape index (κ1) is 15.6. The van der Waals surface area contributed by atoms with Crippen molar-refractivity contribution >= 4 is 5.91 Å². The van der Waals surface area contributed by atoms with Gasteiger partial charge in [-0.1, -0.05) is 0 Å². The summed E-state index contributed by atoms with van der Waals surface area (Å²) in [4.78, 5) is 13.9. The second kappa shape index (κ2) is 7.85. The number of piperazine rings is 1. The fraction of sp³-hybridized carbons (Fsp3) is 0.533. The van der Waals surface area contributed by atoms with E-state index in [4.69, 9.17) is 15.3 Å². The van der Waals surface area contributed by atoms with Crippen molar-refractivity contribution in [2.24, 2.45) is 5.84 Å². The molecule has 0 bridgehead atoms. The molecule has 0 aliphatic carbocycles. The van der Waals surface area contributed by atoms with Gasteiger partial charge in [-0.15, -0.1) is 0 Å². The number of carbonyl (C=O) groups is 1. The average Bonchev–Trinajstić information content (AvgIpc) is 2.52. The van der Waals surface area contributed by atoms with E-state index in [-0.39, 0.29) is 5.91 Å². The number of rotatable bonds is 6. The molecule has 0 spiro atoms. The maximum absolute atomic E-state index is 12.0. The summed E-state index contributed by atoms with van der Waals surface area (Å²) < 4.78 is 10.7. The zero-order chi connectivity index (χ0) is 15.1. The Morgan fingerprint density at radius 3 is 2.38 bits per heavy atom. The number of methoxy groups -OCH3 is 1. The molecule has 0 unspecified atom stereocenters. The van der Waals surface area contributed by atoms with E-state index in [2.05, 4.69) is 0 Å². The summed E-state index contributed by atoms with van der Waals surface area (Å²) in [6.45, 7) is 3.46. The third kappa shape index (κ3) is 4.91. The Labute approximate surface area is 125 Å². The molecule has 6 nitrogen and oxygen atoms in total. The van der Waals surface area contributed by atoms with Gasteiger partial charge in [-0.2, -0.15) is 0 Å². The van der Waals surface area contributed by atoms with Crippen LogP contribution in [0, 0.1) is 0 Å². The molecule has 0 radical (unpaired) electrons. The van der Waals surface area contributed by atoms with Crippen molar-refractivity contribution in [3.8, 4) is 11.5 Å². The molecule has 0 atom stereocenters. The maximum Gasteiger partial charge on any atom is 0.222 e. The third-order valence-corrected chi connectivity index (χ3v) is 3.53. The predicted molar refractivity (Wildman–Crippen MR) is 80.1 cm³/mol. The molecule has 2 N–H and O–H groups in total. The van der Waals surface area contributed by atoms with Gasteiger partial charge in [0.05, 0.1) is 13.7 Å². The van der Waals surface area contributed by atoms with Crippen molar-refractivity contribution < 1.29 is 14.3 Å². The van der Waals surface area contributed by atoms with Gasteiger partial charge < -0.3 is 14.4 Å². The number of benzene rings is 1. The number of hydrazine groups is 1. The molecule has 6 heteroatoms. The van der Waals surface area contributed by atoms with E-state index >= 15 is 0 Å². The first-order chi connectivity index (χ1) is 10.2. The molecule has 1 heterocycles. The zero-order valence-corrected chi connectivity index (χ0v) is 12.5. The van der Waals surface area contributed by atoms with Crippen LogP contribution in [0.3, 0.4) is 0 Å². The molecule has 1 aliphatic heterocycles. The van der Waals surface area contributed by atoms with E-state index in [0.717, 1.165) is 24.6 Å². The number of ether oxygens (including phenoxy) is 2. The summed E-state index contributed by atoms with van der Waals surface area (Å²) in [6.07, 6.45) is 1.23. The van der Waals surface area contributed by atoms with Crippen molar-refractivity contribution in [3.05, 3.63) is 24.3 Å². The zero-order valence-electron chi connectivity index (χ0n) is 12.5. The summed E-state index contributed by atoms with van der Waals surface area (Å²) in [6, 6.07) is 7.43. The second-order valence-corrected chi connectivity index (χ2v) is 5.04. The van der Waals surface area contributed by atoms with Crippen LogP contribution in [-0.2, 0) is 4.79 Å². The lowest BCUT2D eigenvalue weighted by atomic mass is 10.2. The lowest BCUT2D eigenvalue weighted by Crippen LogP contribution is -2.51. The normalized spacial score (nSPS) is 15.8. The highest BCUT2D eigenvalue weighted by Gasteiger charge is 2.18. The SMILES string of the molecule is COc1ccc(OCCCC(=O)N2CCN(N)CC2)cc1. The maximum atomic E-state index is 12.0. The largest absolute Gasteiger partial charge is 0.497 e. The van der Waals surface area contributed by atoms with Gasteiger partial charge in [-0.05, 0) is 30.7 Å². The van der Waals surface area contributed by atoms with E-state index in [1.807, 2.05) is 29.2 Å². The van der Waals surface area contributed by atoms with Crippen LogP contribution in [0.2, 0.25) is 0 Å². The quantitative estimate of drug-likeness (QED) is 0.623. The van der Waals surface area contributed by atoms with E-state index in [9.17, 15) is 4.79 Å². The van der Waals surface area contributed by atoms with Crippen LogP contribution in [0.1, 0.15) is 12.8 Å². The predicted octanol–water partition coefficient (Wildman–Crippen LogP) is 0.872. The molecule has 21 heavy (non-hydrogen) atoms. The lowest BCUT2D eigenvalue weighted by Gasteiger charge is -2.32. The van der Waals surface area contributed by atoms with Crippen molar-refractivity contribution in [2.45, 2.75) is 12.8 Å². The molecule has 1 fully saturated rings. The Balaban J connectivity index is 1.63. The Morgan fingerprint density at radius 1 is 1.14 bits per heavy atom. The third-order valence-electron chi connectivity index (χ3n) is 3.53. The molecule has 0 aromatic heterocycles. The Morgan fingerprint density at radius 2 is 1.76 bits per heavy atom. The molecule has 1 saturated heterocycles. The molecule has 2 rings (SSSR count). The molecule has 1 amide bonds. The fourth-order valence-corrected chi connectivity index (χ4v) is 2.21. The van der Waals surface area contributed by atoms with Crippen molar-refractivity contribution in [1.29, 1.82) is 0 Å². The highest BCUT2D eigenvalue weighted by atomic mass is 16.5. The van der Waals surface area contributed by atoms with Crippen LogP contribution >= 0.6 is 0 Å². The van der Waals surface area contributed by atoms with Gasteiger partial charge in [-0.3, -0.25) is 10.6 Å². The molecule has 1 aromatic carbocycles. The average molecular weight is 293 g/mol. The van der Waals surface area contributed by atoms with Crippen molar-refractivity contribution in [3.63, 3.8) is 0 Å². The standard InChI is InChI=1S/C15H23N3O3/c1-20-13-4-6-14(7-5-13)21-12-2-3-15(19)17-8-10-18(16)11-9-17/h4-7H,2-3,8-12,16H2,1H3. The van der Waals surface area contributed by atoms with E-state index in [0.29, 0.717) is 32.5 Å². The summed E-state index contributed by atoms with van der Waals surface area (Å²) in [5.41, 5.74) is 0. The number of carbonyl (C=O) groups excluding carboxylic acids is 1. The van der Waals surface area contributed by atoms with Gasteiger partial charge in [0.25, 0.3) is 0 Å². The van der Waals surface area contributed by atoms with Gasteiger partial charge in [0.1, 0.15) is 11.5 Å². The van der Waals surface area contributed by atoms with Crippen molar-refractivity contribution in [1.82, 2.24) is 9.91 Å². The van der Waals surface area contributed by atoms with E-state index in [1.54, 1.807) is 12.1 Å². The van der Waals surface area contributed by atoms with Gasteiger partial charge >= 0.3 is 0 Å². The minimum Gasteiger partial charge on any atom is -0.497 e. The van der Waals surface area contributed by atoms with Gasteiger partial charge in [0, 0.05) is 32.6 Å². The van der Waals surface area contributed by atoms with Crippen molar-refractivity contribution in [2.75, 3.05) is 39.9 Å². The molecule has 1 aliphatic rings. The van der Waals surface area contributed by atoms with Crippen LogP contribution in [0.4, 0.5) is 0 Å². The first-order valence-electron chi connectivity index (χ1n) is 7.23. The van der Waals surface area contributed by atoms with Crippen LogP contribution in [-0.4, -0.2) is 55.7 Å². The number of hydrogen-bond acceptors (Lipinski definition) is 5. The summed E-state index contributed by atoms with van der Waals surface area (Å²) in [5.74, 6) is 7.45. The minimum absolute atomic E-state index is 0.182. The van der Waals surface area contributed by atoms with Gasteiger partial charge in [-0.25, -0.2) is 5.01 Å². The van der Waals surface area contributed by atoms with Crippen LogP contribution < -0.4 is 15.3 Å². The summed E-state index contributed by atoms with van der Waals surface area (Å²) >= 11 is 0. The molecular formula is C15H23N3O3. The molecule has 116 valence electrons. The topological polar surface area (TPSA) is 68.0 Å². The summed E-state index contributed by atoms with van der Waals surface area (Å²) in [5, 5.41) is 1.75.